The minimum atomic E-state index is -0.726. The Kier molecular flexibility index (Phi) is 9.11. The van der Waals surface area contributed by atoms with Crippen molar-refractivity contribution in [3.8, 4) is 0 Å². The normalized spacial score (nSPS) is 12.3. The SMILES string of the molecule is C=CC(CCCCCCCC(=O)O)OO. The lowest BCUT2D eigenvalue weighted by molar-refractivity contribution is -0.267. The van der Waals surface area contributed by atoms with Crippen molar-refractivity contribution in [3.63, 3.8) is 0 Å². The zero-order chi connectivity index (χ0) is 11.5. The van der Waals surface area contributed by atoms with Gasteiger partial charge in [0, 0.05) is 6.42 Å². The fraction of sp³-hybridized carbons (Fsp3) is 0.727. The van der Waals surface area contributed by atoms with Crippen LogP contribution in [0.2, 0.25) is 0 Å². The molecule has 4 heteroatoms. The van der Waals surface area contributed by atoms with Crippen molar-refractivity contribution in [2.24, 2.45) is 0 Å². The number of carbonyl (C=O) groups is 1. The summed E-state index contributed by atoms with van der Waals surface area (Å²) in [5, 5.41) is 16.8. The van der Waals surface area contributed by atoms with Gasteiger partial charge in [0.05, 0.1) is 0 Å². The molecular weight excluding hydrogens is 196 g/mol. The first kappa shape index (κ1) is 14.1. The molecule has 2 N–H and O–H groups in total. The Morgan fingerprint density at radius 1 is 1.27 bits per heavy atom. The van der Waals surface area contributed by atoms with Crippen LogP contribution >= 0.6 is 0 Å². The summed E-state index contributed by atoms with van der Waals surface area (Å²) in [5.74, 6) is -0.726. The lowest BCUT2D eigenvalue weighted by Crippen LogP contribution is -2.05. The van der Waals surface area contributed by atoms with E-state index < -0.39 is 5.97 Å². The highest BCUT2D eigenvalue weighted by atomic mass is 17.1. The van der Waals surface area contributed by atoms with Crippen molar-refractivity contribution < 1.29 is 20.0 Å². The Labute approximate surface area is 90.5 Å². The van der Waals surface area contributed by atoms with Crippen LogP contribution in [-0.4, -0.2) is 22.4 Å². The van der Waals surface area contributed by atoms with Crippen LogP contribution in [0, 0.1) is 0 Å². The second-order valence-corrected chi connectivity index (χ2v) is 3.58. The molecule has 0 aromatic rings. The highest BCUT2D eigenvalue weighted by Gasteiger charge is 2.02. The molecule has 1 atom stereocenters. The largest absolute Gasteiger partial charge is 0.481 e. The predicted molar refractivity (Wildman–Crippen MR) is 57.7 cm³/mol. The summed E-state index contributed by atoms with van der Waals surface area (Å²) in [5.41, 5.74) is 0. The zero-order valence-electron chi connectivity index (χ0n) is 9.02. The molecule has 0 rings (SSSR count). The molecule has 15 heavy (non-hydrogen) atoms. The molecule has 0 heterocycles. The van der Waals surface area contributed by atoms with E-state index in [4.69, 9.17) is 10.4 Å². The van der Waals surface area contributed by atoms with Crippen molar-refractivity contribution in [1.82, 2.24) is 0 Å². The van der Waals surface area contributed by atoms with Gasteiger partial charge in [-0.2, -0.15) is 0 Å². The van der Waals surface area contributed by atoms with E-state index in [2.05, 4.69) is 11.5 Å². The molecule has 0 saturated carbocycles. The second kappa shape index (κ2) is 9.68. The number of hydrogen-bond acceptors (Lipinski definition) is 3. The monoisotopic (exact) mass is 216 g/mol. The number of unbranched alkanes of at least 4 members (excludes halogenated alkanes) is 4. The molecule has 0 bridgehead atoms. The maximum atomic E-state index is 10.2. The summed E-state index contributed by atoms with van der Waals surface area (Å²) in [6, 6.07) is 0. The van der Waals surface area contributed by atoms with Gasteiger partial charge in [0.25, 0.3) is 0 Å². The van der Waals surface area contributed by atoms with Gasteiger partial charge in [-0.25, -0.2) is 4.89 Å². The molecule has 0 spiro atoms. The van der Waals surface area contributed by atoms with Gasteiger partial charge >= 0.3 is 5.97 Å². The van der Waals surface area contributed by atoms with Crippen LogP contribution in [0.3, 0.4) is 0 Å². The van der Waals surface area contributed by atoms with Gasteiger partial charge in [0.2, 0.25) is 0 Å². The van der Waals surface area contributed by atoms with Gasteiger partial charge in [0.1, 0.15) is 6.10 Å². The molecule has 0 aromatic heterocycles. The van der Waals surface area contributed by atoms with E-state index in [-0.39, 0.29) is 12.5 Å². The molecule has 1 unspecified atom stereocenters. The summed E-state index contributed by atoms with van der Waals surface area (Å²) in [6.45, 7) is 3.53. The Morgan fingerprint density at radius 3 is 2.40 bits per heavy atom. The minimum Gasteiger partial charge on any atom is -0.481 e. The van der Waals surface area contributed by atoms with Gasteiger partial charge in [-0.1, -0.05) is 31.8 Å². The quantitative estimate of drug-likeness (QED) is 0.255. The first-order valence-electron chi connectivity index (χ1n) is 5.35. The maximum absolute atomic E-state index is 10.2. The van der Waals surface area contributed by atoms with E-state index in [1.54, 1.807) is 6.08 Å². The van der Waals surface area contributed by atoms with Crippen LogP contribution in [0.15, 0.2) is 12.7 Å². The van der Waals surface area contributed by atoms with E-state index in [0.717, 1.165) is 38.5 Å². The Morgan fingerprint density at radius 2 is 1.87 bits per heavy atom. The molecule has 0 aromatic carbocycles. The van der Waals surface area contributed by atoms with Crippen LogP contribution in [0.1, 0.15) is 44.9 Å². The zero-order valence-corrected chi connectivity index (χ0v) is 9.02. The Balaban J connectivity index is 3.17. The first-order valence-corrected chi connectivity index (χ1v) is 5.35. The van der Waals surface area contributed by atoms with E-state index in [1.165, 1.54) is 0 Å². The van der Waals surface area contributed by atoms with Crippen LogP contribution < -0.4 is 0 Å². The second-order valence-electron chi connectivity index (χ2n) is 3.58. The predicted octanol–water partition coefficient (Wildman–Crippen LogP) is 2.85. The molecule has 0 saturated heterocycles. The molecule has 0 aliphatic heterocycles. The Bertz CT molecular complexity index is 179. The number of carboxylic acids is 1. The lowest BCUT2D eigenvalue weighted by atomic mass is 10.1. The highest BCUT2D eigenvalue weighted by molar-refractivity contribution is 5.66. The summed E-state index contributed by atoms with van der Waals surface area (Å²) in [7, 11) is 0. The van der Waals surface area contributed by atoms with Crippen molar-refractivity contribution >= 4 is 5.97 Å². The van der Waals surface area contributed by atoms with Crippen molar-refractivity contribution in [2.45, 2.75) is 51.0 Å². The molecule has 0 amide bonds. The third-order valence-corrected chi connectivity index (χ3v) is 2.28. The Hall–Kier alpha value is -0.870. The van der Waals surface area contributed by atoms with E-state index >= 15 is 0 Å². The van der Waals surface area contributed by atoms with Crippen LogP contribution in [0.5, 0.6) is 0 Å². The summed E-state index contributed by atoms with van der Waals surface area (Å²) >= 11 is 0. The third kappa shape index (κ3) is 9.43. The topological polar surface area (TPSA) is 66.8 Å². The van der Waals surface area contributed by atoms with E-state index in [9.17, 15) is 4.79 Å². The van der Waals surface area contributed by atoms with Crippen molar-refractivity contribution in [3.05, 3.63) is 12.7 Å². The molecule has 0 aliphatic rings. The fourth-order valence-corrected chi connectivity index (χ4v) is 1.37. The summed E-state index contributed by atoms with van der Waals surface area (Å²) in [6.07, 6.45) is 7.05. The van der Waals surface area contributed by atoms with Crippen LogP contribution in [0.4, 0.5) is 0 Å². The van der Waals surface area contributed by atoms with Gasteiger partial charge in [-0.05, 0) is 12.8 Å². The van der Waals surface area contributed by atoms with E-state index in [1.807, 2.05) is 0 Å². The number of aliphatic carboxylic acids is 1. The van der Waals surface area contributed by atoms with Gasteiger partial charge in [-0.15, -0.1) is 6.58 Å². The standard InChI is InChI=1S/C11H20O4/c1-2-10(15-14)8-6-4-3-5-7-9-11(12)13/h2,10,14H,1,3-9H2,(H,12,13). The fourth-order valence-electron chi connectivity index (χ4n) is 1.37. The van der Waals surface area contributed by atoms with Crippen molar-refractivity contribution in [2.75, 3.05) is 0 Å². The van der Waals surface area contributed by atoms with Gasteiger partial charge in [-0.3, -0.25) is 10.1 Å². The van der Waals surface area contributed by atoms with Crippen molar-refractivity contribution in [1.29, 1.82) is 0 Å². The van der Waals surface area contributed by atoms with E-state index in [0.29, 0.717) is 0 Å². The van der Waals surface area contributed by atoms with Crippen LogP contribution in [-0.2, 0) is 9.68 Å². The van der Waals surface area contributed by atoms with Gasteiger partial charge < -0.3 is 5.11 Å². The molecular formula is C11H20O4. The first-order chi connectivity index (χ1) is 7.20. The average Bonchev–Trinajstić information content (AvgIpc) is 2.22. The third-order valence-electron chi connectivity index (χ3n) is 2.28. The number of carboxylic acid groups (broad SMARTS) is 1. The maximum Gasteiger partial charge on any atom is 0.303 e. The van der Waals surface area contributed by atoms with Gasteiger partial charge in [0.15, 0.2) is 0 Å². The molecule has 4 nitrogen and oxygen atoms in total. The number of hydrogen-bond donors (Lipinski definition) is 2. The highest BCUT2D eigenvalue weighted by Crippen LogP contribution is 2.10. The average molecular weight is 216 g/mol. The van der Waals surface area contributed by atoms with Crippen LogP contribution in [0.25, 0.3) is 0 Å². The summed E-state index contributed by atoms with van der Waals surface area (Å²) < 4.78 is 0. The molecule has 0 fully saturated rings. The molecule has 0 aliphatic carbocycles. The molecule has 0 radical (unpaired) electrons. The lowest BCUT2D eigenvalue weighted by Gasteiger charge is -2.07. The smallest absolute Gasteiger partial charge is 0.303 e. The molecule has 88 valence electrons. The minimum absolute atomic E-state index is 0.259. The summed E-state index contributed by atoms with van der Waals surface area (Å²) in [4.78, 5) is 14.4. The number of rotatable bonds is 10.